The Balaban J connectivity index is 1.52. The molecule has 0 aromatic heterocycles. The van der Waals surface area contributed by atoms with E-state index < -0.39 is 0 Å². The van der Waals surface area contributed by atoms with Gasteiger partial charge in [0.1, 0.15) is 19.2 Å². The van der Waals surface area contributed by atoms with Crippen LogP contribution in [0.25, 0.3) is 11.1 Å². The van der Waals surface area contributed by atoms with Crippen molar-refractivity contribution in [2.45, 2.75) is 25.5 Å². The molecule has 2 aromatic rings. The lowest BCUT2D eigenvalue weighted by Gasteiger charge is -2.51. The topological polar surface area (TPSA) is 20.2 Å². The highest BCUT2D eigenvalue weighted by Crippen LogP contribution is 2.35. The molecule has 0 amide bonds. The molecule has 3 saturated heterocycles. The van der Waals surface area contributed by atoms with Gasteiger partial charge in [-0.2, -0.15) is 0 Å². The number of benzene rings is 2. The normalized spacial score (nSPS) is 30.4. The van der Waals surface area contributed by atoms with Crippen molar-refractivity contribution in [3.05, 3.63) is 60.2 Å². The Morgan fingerprint density at radius 1 is 0.864 bits per heavy atom. The minimum atomic E-state index is -0.0777. The van der Waals surface area contributed by atoms with E-state index >= 15 is 0 Å². The van der Waals surface area contributed by atoms with Crippen LogP contribution in [0.4, 0.5) is 0 Å². The van der Waals surface area contributed by atoms with E-state index in [1.165, 1.54) is 42.6 Å². The van der Waals surface area contributed by atoms with Crippen LogP contribution in [0.2, 0.25) is 0 Å². The maximum Gasteiger partial charge on any atom is 0.106 e. The fourth-order valence-corrected chi connectivity index (χ4v) is 4.29. The van der Waals surface area contributed by atoms with Crippen molar-refractivity contribution < 1.29 is 9.59 Å². The Bertz CT molecular complexity index is 627. The monoisotopic (exact) mass is 294 g/mol. The molecule has 114 valence electrons. The van der Waals surface area contributed by atoms with Crippen LogP contribution in [0.3, 0.4) is 0 Å². The van der Waals surface area contributed by atoms with Gasteiger partial charge in [0, 0.05) is 24.3 Å². The molecule has 5 rings (SSSR count). The number of piperidine rings is 3. The largest absolute Gasteiger partial charge is 0.387 e. The summed E-state index contributed by atoms with van der Waals surface area (Å²) in [6.07, 6.45) is 2.32. The third kappa shape index (κ3) is 2.57. The van der Waals surface area contributed by atoms with Crippen LogP contribution in [0.15, 0.2) is 54.6 Å². The maximum absolute atomic E-state index is 10.2. The molecule has 3 fully saturated rings. The fourth-order valence-electron chi connectivity index (χ4n) is 4.29. The van der Waals surface area contributed by atoms with E-state index in [0.29, 0.717) is 5.92 Å². The molecule has 3 aliphatic heterocycles. The lowest BCUT2D eigenvalue weighted by Crippen LogP contribution is -2.62. The van der Waals surface area contributed by atoms with E-state index in [1.807, 2.05) is 0 Å². The summed E-state index contributed by atoms with van der Waals surface area (Å²) in [6.45, 7) is 4.49. The van der Waals surface area contributed by atoms with E-state index in [4.69, 9.17) is 0 Å². The highest BCUT2D eigenvalue weighted by molar-refractivity contribution is 5.63. The molecule has 0 saturated carbocycles. The summed E-state index contributed by atoms with van der Waals surface area (Å²) in [5.41, 5.74) is 3.95. The first-order valence-electron chi connectivity index (χ1n) is 8.42. The van der Waals surface area contributed by atoms with Crippen molar-refractivity contribution in [1.82, 2.24) is 0 Å². The minimum absolute atomic E-state index is 0.0777. The van der Waals surface area contributed by atoms with Gasteiger partial charge in [0.15, 0.2) is 0 Å². The van der Waals surface area contributed by atoms with Crippen LogP contribution in [-0.2, 0) is 6.54 Å². The van der Waals surface area contributed by atoms with Crippen LogP contribution in [-0.4, -0.2) is 35.3 Å². The zero-order chi connectivity index (χ0) is 15.0. The van der Waals surface area contributed by atoms with Crippen molar-refractivity contribution in [2.75, 3.05) is 19.6 Å². The number of hydrogen-bond donors (Lipinski definition) is 1. The van der Waals surface area contributed by atoms with E-state index in [2.05, 4.69) is 54.6 Å². The highest BCUT2D eigenvalue weighted by Gasteiger charge is 2.44. The molecule has 1 atom stereocenters. The molecule has 1 N–H and O–H groups in total. The molecule has 0 spiro atoms. The van der Waals surface area contributed by atoms with Crippen molar-refractivity contribution in [2.24, 2.45) is 5.92 Å². The SMILES string of the molecule is OC1C[N+]2(Cc3ccc(-c4ccccc4)cc3)CCC1CC2. The molecule has 2 nitrogen and oxygen atoms in total. The zero-order valence-electron chi connectivity index (χ0n) is 13.0. The number of aliphatic hydroxyl groups excluding tert-OH is 1. The summed E-state index contributed by atoms with van der Waals surface area (Å²) >= 11 is 0. The average Bonchev–Trinajstić information content (AvgIpc) is 2.57. The van der Waals surface area contributed by atoms with Crippen molar-refractivity contribution in [3.63, 3.8) is 0 Å². The van der Waals surface area contributed by atoms with Crippen LogP contribution < -0.4 is 0 Å². The molecule has 2 aromatic carbocycles. The Morgan fingerprint density at radius 2 is 1.50 bits per heavy atom. The van der Waals surface area contributed by atoms with Gasteiger partial charge in [0.2, 0.25) is 0 Å². The van der Waals surface area contributed by atoms with Crippen LogP contribution >= 0.6 is 0 Å². The molecule has 2 heteroatoms. The molecule has 2 bridgehead atoms. The second-order valence-corrected chi connectivity index (χ2v) is 7.10. The third-order valence-corrected chi connectivity index (χ3v) is 5.65. The van der Waals surface area contributed by atoms with E-state index in [0.717, 1.165) is 17.6 Å². The summed E-state index contributed by atoms with van der Waals surface area (Å²) in [6, 6.07) is 19.5. The standard InChI is InChI=1S/C20H24NO/c22-20-15-21(12-10-19(20)11-13-21)14-16-6-8-18(9-7-16)17-4-2-1-3-5-17/h1-9,19-20,22H,10-15H2/q+1. The summed E-state index contributed by atoms with van der Waals surface area (Å²) in [7, 11) is 0. The van der Waals surface area contributed by atoms with Crippen LogP contribution in [0, 0.1) is 5.92 Å². The van der Waals surface area contributed by atoms with Crippen LogP contribution in [0.1, 0.15) is 18.4 Å². The quantitative estimate of drug-likeness (QED) is 0.860. The van der Waals surface area contributed by atoms with Gasteiger partial charge in [0.05, 0.1) is 13.1 Å². The highest BCUT2D eigenvalue weighted by atomic mass is 16.3. The fraction of sp³-hybridized carbons (Fsp3) is 0.400. The first-order chi connectivity index (χ1) is 10.7. The number of hydrogen-bond acceptors (Lipinski definition) is 1. The number of quaternary nitrogens is 1. The Kier molecular flexibility index (Phi) is 3.51. The van der Waals surface area contributed by atoms with Gasteiger partial charge in [-0.15, -0.1) is 0 Å². The predicted octanol–water partition coefficient (Wildman–Crippen LogP) is 3.45. The van der Waals surface area contributed by atoms with Gasteiger partial charge >= 0.3 is 0 Å². The molecular formula is C20H24NO+. The molecule has 1 unspecified atom stereocenters. The van der Waals surface area contributed by atoms with Crippen molar-refractivity contribution in [1.29, 1.82) is 0 Å². The zero-order valence-corrected chi connectivity index (χ0v) is 13.0. The second-order valence-electron chi connectivity index (χ2n) is 7.10. The maximum atomic E-state index is 10.2. The van der Waals surface area contributed by atoms with Crippen molar-refractivity contribution >= 4 is 0 Å². The summed E-state index contributed by atoms with van der Waals surface area (Å²) < 4.78 is 1.09. The van der Waals surface area contributed by atoms with Gasteiger partial charge in [-0.25, -0.2) is 0 Å². The van der Waals surface area contributed by atoms with Crippen LogP contribution in [0.5, 0.6) is 0 Å². The molecular weight excluding hydrogens is 270 g/mol. The Hall–Kier alpha value is -1.64. The van der Waals surface area contributed by atoms with E-state index in [1.54, 1.807) is 0 Å². The van der Waals surface area contributed by atoms with Gasteiger partial charge in [0.25, 0.3) is 0 Å². The van der Waals surface area contributed by atoms with Gasteiger partial charge in [-0.3, -0.25) is 0 Å². The molecule has 0 radical (unpaired) electrons. The van der Waals surface area contributed by atoms with E-state index in [-0.39, 0.29) is 6.10 Å². The third-order valence-electron chi connectivity index (χ3n) is 5.65. The lowest BCUT2D eigenvalue weighted by molar-refractivity contribution is -0.958. The Labute approximate surface area is 132 Å². The molecule has 3 aliphatic rings. The summed E-state index contributed by atoms with van der Waals surface area (Å²) in [5, 5.41) is 10.2. The van der Waals surface area contributed by atoms with Crippen molar-refractivity contribution in [3.8, 4) is 11.1 Å². The molecule has 0 aliphatic carbocycles. The average molecular weight is 294 g/mol. The first-order valence-corrected chi connectivity index (χ1v) is 8.42. The van der Waals surface area contributed by atoms with Gasteiger partial charge < -0.3 is 9.59 Å². The number of aliphatic hydroxyl groups is 1. The number of fused-ring (bicyclic) bond motifs is 3. The Morgan fingerprint density at radius 3 is 2.14 bits per heavy atom. The molecule has 3 heterocycles. The number of nitrogens with zero attached hydrogens (tertiary/aromatic N) is 1. The smallest absolute Gasteiger partial charge is 0.106 e. The summed E-state index contributed by atoms with van der Waals surface area (Å²) in [5.74, 6) is 0.570. The second kappa shape index (κ2) is 5.53. The number of rotatable bonds is 3. The van der Waals surface area contributed by atoms with E-state index in [9.17, 15) is 5.11 Å². The predicted molar refractivity (Wildman–Crippen MR) is 89.2 cm³/mol. The lowest BCUT2D eigenvalue weighted by atomic mass is 9.83. The minimum Gasteiger partial charge on any atom is -0.387 e. The first kappa shape index (κ1) is 14.0. The van der Waals surface area contributed by atoms with Gasteiger partial charge in [-0.1, -0.05) is 54.6 Å². The molecule has 22 heavy (non-hydrogen) atoms. The summed E-state index contributed by atoms with van der Waals surface area (Å²) in [4.78, 5) is 0. The van der Waals surface area contributed by atoms with Gasteiger partial charge in [-0.05, 0) is 11.1 Å².